The van der Waals surface area contributed by atoms with Crippen LogP contribution in [0.3, 0.4) is 0 Å². The molecule has 1 rings (SSSR count). The topological polar surface area (TPSA) is 45.1 Å². The molecule has 0 radical (unpaired) electrons. The van der Waals surface area contributed by atoms with Gasteiger partial charge in [-0.15, -0.1) is 0 Å². The Hall–Kier alpha value is -1.00. The molecule has 0 aliphatic carbocycles. The maximum Gasteiger partial charge on any atom is 0.141 e. The van der Waals surface area contributed by atoms with Gasteiger partial charge in [-0.25, -0.2) is 4.39 Å². The molecule has 0 aliphatic rings. The molecule has 0 saturated heterocycles. The Bertz CT molecular complexity index is 268. The molecular formula is C10H15FN2O. The summed E-state index contributed by atoms with van der Waals surface area (Å²) in [6.45, 7) is 1.68. The number of unbranched alkanes of at least 4 members (excludes halogenated alkanes) is 1. The molecule has 0 amide bonds. The Kier molecular flexibility index (Phi) is 5.11. The molecule has 0 atom stereocenters. The third kappa shape index (κ3) is 4.30. The van der Waals surface area contributed by atoms with E-state index in [2.05, 4.69) is 10.3 Å². The van der Waals surface area contributed by atoms with Crippen LogP contribution in [-0.4, -0.2) is 23.2 Å². The van der Waals surface area contributed by atoms with Crippen molar-refractivity contribution in [3.63, 3.8) is 0 Å². The molecule has 78 valence electrons. The maximum absolute atomic E-state index is 12.7. The van der Waals surface area contributed by atoms with Crippen molar-refractivity contribution in [2.24, 2.45) is 0 Å². The van der Waals surface area contributed by atoms with Gasteiger partial charge < -0.3 is 10.4 Å². The van der Waals surface area contributed by atoms with Gasteiger partial charge in [0.25, 0.3) is 0 Å². The van der Waals surface area contributed by atoms with Gasteiger partial charge in [-0.2, -0.15) is 0 Å². The van der Waals surface area contributed by atoms with Gasteiger partial charge in [-0.1, -0.05) is 0 Å². The zero-order valence-electron chi connectivity index (χ0n) is 8.04. The molecule has 2 N–H and O–H groups in total. The molecule has 4 heteroatoms. The molecule has 1 heterocycles. The quantitative estimate of drug-likeness (QED) is 0.672. The van der Waals surface area contributed by atoms with Crippen LogP contribution in [0, 0.1) is 5.82 Å². The first-order valence-corrected chi connectivity index (χ1v) is 4.74. The van der Waals surface area contributed by atoms with Crippen molar-refractivity contribution in [3.05, 3.63) is 29.8 Å². The number of aliphatic hydroxyl groups excluding tert-OH is 1. The number of aromatic nitrogens is 1. The fourth-order valence-corrected chi connectivity index (χ4v) is 1.15. The summed E-state index contributed by atoms with van der Waals surface area (Å²) in [6.07, 6.45) is 4.56. The van der Waals surface area contributed by atoms with Gasteiger partial charge in [0.15, 0.2) is 0 Å². The number of halogens is 1. The van der Waals surface area contributed by atoms with E-state index in [4.69, 9.17) is 5.11 Å². The van der Waals surface area contributed by atoms with Crippen molar-refractivity contribution >= 4 is 0 Å². The largest absolute Gasteiger partial charge is 0.396 e. The van der Waals surface area contributed by atoms with Crippen LogP contribution in [0.2, 0.25) is 0 Å². The van der Waals surface area contributed by atoms with E-state index in [0.29, 0.717) is 6.54 Å². The highest BCUT2D eigenvalue weighted by Gasteiger charge is 1.95. The predicted octanol–water partition coefficient (Wildman–Crippen LogP) is 1.08. The van der Waals surface area contributed by atoms with Crippen LogP contribution >= 0.6 is 0 Å². The van der Waals surface area contributed by atoms with Crippen LogP contribution in [0.25, 0.3) is 0 Å². The molecule has 0 unspecified atom stereocenters. The fourth-order valence-electron chi connectivity index (χ4n) is 1.15. The lowest BCUT2D eigenvalue weighted by Gasteiger charge is -2.03. The average molecular weight is 198 g/mol. The first-order chi connectivity index (χ1) is 6.83. The lowest BCUT2D eigenvalue weighted by Crippen LogP contribution is -2.15. The van der Waals surface area contributed by atoms with E-state index >= 15 is 0 Å². The van der Waals surface area contributed by atoms with E-state index in [9.17, 15) is 4.39 Å². The highest BCUT2D eigenvalue weighted by atomic mass is 19.1. The van der Waals surface area contributed by atoms with Crippen LogP contribution in [0.1, 0.15) is 18.4 Å². The van der Waals surface area contributed by atoms with Crippen molar-refractivity contribution in [2.45, 2.75) is 19.4 Å². The molecule has 1 aromatic heterocycles. The minimum Gasteiger partial charge on any atom is -0.396 e. The van der Waals surface area contributed by atoms with Crippen LogP contribution in [-0.2, 0) is 6.54 Å². The molecule has 0 spiro atoms. The molecule has 0 saturated carbocycles. The third-order valence-electron chi connectivity index (χ3n) is 1.85. The molecule has 1 aromatic rings. The Morgan fingerprint density at radius 1 is 1.36 bits per heavy atom. The number of rotatable bonds is 6. The monoisotopic (exact) mass is 198 g/mol. The molecule has 3 nitrogen and oxygen atoms in total. The van der Waals surface area contributed by atoms with E-state index in [0.717, 1.165) is 24.9 Å². The molecule has 0 aromatic carbocycles. The number of nitrogens with zero attached hydrogens (tertiary/aromatic N) is 1. The fraction of sp³-hybridized carbons (Fsp3) is 0.500. The van der Waals surface area contributed by atoms with Crippen molar-refractivity contribution in [1.29, 1.82) is 0 Å². The first-order valence-electron chi connectivity index (χ1n) is 4.74. The van der Waals surface area contributed by atoms with E-state index in [1.54, 1.807) is 6.20 Å². The molecular weight excluding hydrogens is 183 g/mol. The smallest absolute Gasteiger partial charge is 0.141 e. The zero-order chi connectivity index (χ0) is 10.2. The van der Waals surface area contributed by atoms with Gasteiger partial charge in [-0.05, 0) is 31.0 Å². The van der Waals surface area contributed by atoms with E-state index in [1.165, 1.54) is 12.3 Å². The van der Waals surface area contributed by atoms with Crippen molar-refractivity contribution in [1.82, 2.24) is 10.3 Å². The minimum absolute atomic E-state index is 0.225. The SMILES string of the molecule is OCCCCNCc1cncc(F)c1. The summed E-state index contributed by atoms with van der Waals surface area (Å²) in [5.41, 5.74) is 0.842. The number of pyridine rings is 1. The van der Waals surface area contributed by atoms with Crippen molar-refractivity contribution in [2.75, 3.05) is 13.2 Å². The van der Waals surface area contributed by atoms with Crippen LogP contribution in [0.15, 0.2) is 18.5 Å². The first kappa shape index (κ1) is 11.1. The summed E-state index contributed by atoms with van der Waals surface area (Å²) in [5.74, 6) is -0.306. The average Bonchev–Trinajstić information content (AvgIpc) is 2.18. The van der Waals surface area contributed by atoms with Crippen LogP contribution in [0.5, 0.6) is 0 Å². The highest BCUT2D eigenvalue weighted by molar-refractivity contribution is 5.09. The second-order valence-corrected chi connectivity index (χ2v) is 3.12. The Morgan fingerprint density at radius 3 is 2.93 bits per heavy atom. The van der Waals surface area contributed by atoms with Gasteiger partial charge in [0.2, 0.25) is 0 Å². The minimum atomic E-state index is -0.306. The molecule has 0 bridgehead atoms. The van der Waals surface area contributed by atoms with Gasteiger partial charge in [0, 0.05) is 19.3 Å². The Balaban J connectivity index is 2.18. The standard InChI is InChI=1S/C10H15FN2O/c11-10-5-9(7-13-8-10)6-12-3-1-2-4-14/h5,7-8,12,14H,1-4,6H2. The number of hydrogen-bond acceptors (Lipinski definition) is 3. The predicted molar refractivity (Wildman–Crippen MR) is 52.2 cm³/mol. The Morgan fingerprint density at radius 2 is 2.21 bits per heavy atom. The van der Waals surface area contributed by atoms with Gasteiger partial charge in [0.05, 0.1) is 6.20 Å². The van der Waals surface area contributed by atoms with Gasteiger partial charge in [-0.3, -0.25) is 4.98 Å². The molecule has 0 aliphatic heterocycles. The van der Waals surface area contributed by atoms with Crippen LogP contribution < -0.4 is 5.32 Å². The summed E-state index contributed by atoms with van der Waals surface area (Å²) < 4.78 is 12.7. The van der Waals surface area contributed by atoms with E-state index in [-0.39, 0.29) is 12.4 Å². The van der Waals surface area contributed by atoms with E-state index < -0.39 is 0 Å². The van der Waals surface area contributed by atoms with Crippen molar-refractivity contribution in [3.8, 4) is 0 Å². The van der Waals surface area contributed by atoms with E-state index in [1.807, 2.05) is 0 Å². The van der Waals surface area contributed by atoms with Gasteiger partial charge >= 0.3 is 0 Å². The summed E-state index contributed by atoms with van der Waals surface area (Å²) in [4.78, 5) is 3.74. The highest BCUT2D eigenvalue weighted by Crippen LogP contribution is 1.99. The lowest BCUT2D eigenvalue weighted by atomic mass is 10.2. The van der Waals surface area contributed by atoms with Gasteiger partial charge in [0.1, 0.15) is 5.82 Å². The van der Waals surface area contributed by atoms with Crippen molar-refractivity contribution < 1.29 is 9.50 Å². The summed E-state index contributed by atoms with van der Waals surface area (Å²) >= 11 is 0. The number of nitrogens with one attached hydrogen (secondary N) is 1. The summed E-state index contributed by atoms with van der Waals surface area (Å²) in [7, 11) is 0. The molecule has 14 heavy (non-hydrogen) atoms. The number of aliphatic hydroxyl groups is 1. The summed E-state index contributed by atoms with van der Waals surface area (Å²) in [5, 5.41) is 11.7. The maximum atomic E-state index is 12.7. The Labute approximate surface area is 83.0 Å². The third-order valence-corrected chi connectivity index (χ3v) is 1.85. The summed E-state index contributed by atoms with van der Waals surface area (Å²) in [6, 6.07) is 1.46. The second kappa shape index (κ2) is 6.45. The normalized spacial score (nSPS) is 10.4. The zero-order valence-corrected chi connectivity index (χ0v) is 8.04. The molecule has 0 fully saturated rings. The number of hydrogen-bond donors (Lipinski definition) is 2. The second-order valence-electron chi connectivity index (χ2n) is 3.12. The van der Waals surface area contributed by atoms with Crippen LogP contribution in [0.4, 0.5) is 4.39 Å². The lowest BCUT2D eigenvalue weighted by molar-refractivity contribution is 0.283.